The second kappa shape index (κ2) is 6.58. The first-order valence-corrected chi connectivity index (χ1v) is 5.05. The van der Waals surface area contributed by atoms with Gasteiger partial charge in [-0.05, 0) is 17.7 Å². The van der Waals surface area contributed by atoms with E-state index in [1.807, 2.05) is 0 Å². The lowest BCUT2D eigenvalue weighted by molar-refractivity contribution is 0.128. The average Bonchev–Trinajstić information content (AvgIpc) is 2.31. The highest BCUT2D eigenvalue weighted by Crippen LogP contribution is 2.13. The van der Waals surface area contributed by atoms with Crippen molar-refractivity contribution >= 4 is 0 Å². The van der Waals surface area contributed by atoms with E-state index in [9.17, 15) is 13.2 Å². The van der Waals surface area contributed by atoms with Crippen LogP contribution in [0.25, 0.3) is 0 Å². The SMILES string of the molecule is COCC(CO)NCc1cc(F)c(F)c(F)c1. The molecule has 0 bridgehead atoms. The maximum atomic E-state index is 12.9. The molecule has 6 heteroatoms. The summed E-state index contributed by atoms with van der Waals surface area (Å²) in [6.45, 7) is 0.214. The molecule has 1 unspecified atom stereocenters. The molecule has 1 aromatic rings. The molecule has 0 aliphatic heterocycles. The summed E-state index contributed by atoms with van der Waals surface area (Å²) in [4.78, 5) is 0. The van der Waals surface area contributed by atoms with E-state index in [-0.39, 0.29) is 31.4 Å². The van der Waals surface area contributed by atoms with Crippen LogP contribution < -0.4 is 5.32 Å². The summed E-state index contributed by atoms with van der Waals surface area (Å²) in [5.74, 6) is -3.94. The number of hydrogen-bond donors (Lipinski definition) is 2. The predicted molar refractivity (Wildman–Crippen MR) is 55.9 cm³/mol. The first-order chi connectivity index (χ1) is 8.08. The lowest BCUT2D eigenvalue weighted by Gasteiger charge is -2.15. The average molecular weight is 249 g/mol. The summed E-state index contributed by atoms with van der Waals surface area (Å²) in [5.41, 5.74) is 0.260. The molecule has 1 atom stereocenters. The Kier molecular flexibility index (Phi) is 5.40. The van der Waals surface area contributed by atoms with Gasteiger partial charge in [0, 0.05) is 13.7 Å². The summed E-state index contributed by atoms with van der Waals surface area (Å²) in [6.07, 6.45) is 0. The van der Waals surface area contributed by atoms with E-state index in [1.165, 1.54) is 7.11 Å². The molecule has 3 nitrogen and oxygen atoms in total. The number of nitrogens with one attached hydrogen (secondary N) is 1. The summed E-state index contributed by atoms with van der Waals surface area (Å²) in [5, 5.41) is 11.8. The molecule has 1 aromatic carbocycles. The van der Waals surface area contributed by atoms with E-state index in [0.717, 1.165) is 12.1 Å². The number of halogens is 3. The molecule has 0 saturated carbocycles. The summed E-state index contributed by atoms with van der Waals surface area (Å²) < 4.78 is 43.2. The fourth-order valence-corrected chi connectivity index (χ4v) is 1.35. The fourth-order valence-electron chi connectivity index (χ4n) is 1.35. The number of methoxy groups -OCH3 is 1. The van der Waals surface area contributed by atoms with Crippen molar-refractivity contribution in [2.24, 2.45) is 0 Å². The number of benzene rings is 1. The first kappa shape index (κ1) is 14.0. The standard InChI is InChI=1S/C11H14F3NO2/c1-17-6-8(5-16)15-4-7-2-9(12)11(14)10(13)3-7/h2-3,8,15-16H,4-6H2,1H3. The van der Waals surface area contributed by atoms with E-state index in [4.69, 9.17) is 9.84 Å². The molecule has 0 saturated heterocycles. The minimum absolute atomic E-state index is 0.114. The van der Waals surface area contributed by atoms with Gasteiger partial charge < -0.3 is 15.2 Å². The van der Waals surface area contributed by atoms with Gasteiger partial charge in [-0.25, -0.2) is 13.2 Å². The Bertz CT molecular complexity index is 351. The van der Waals surface area contributed by atoms with Crippen molar-refractivity contribution in [3.8, 4) is 0 Å². The number of rotatable bonds is 6. The molecule has 96 valence electrons. The van der Waals surface area contributed by atoms with Gasteiger partial charge in [-0.3, -0.25) is 0 Å². The van der Waals surface area contributed by atoms with Crippen LogP contribution in [-0.2, 0) is 11.3 Å². The topological polar surface area (TPSA) is 41.5 Å². The minimum Gasteiger partial charge on any atom is -0.395 e. The number of aliphatic hydroxyl groups excluding tert-OH is 1. The molecule has 0 heterocycles. The number of hydrogen-bond acceptors (Lipinski definition) is 3. The maximum Gasteiger partial charge on any atom is 0.194 e. The fraction of sp³-hybridized carbons (Fsp3) is 0.455. The van der Waals surface area contributed by atoms with Crippen LogP contribution in [0.5, 0.6) is 0 Å². The molecule has 0 spiro atoms. The molecule has 0 aliphatic rings. The van der Waals surface area contributed by atoms with Gasteiger partial charge >= 0.3 is 0 Å². The Hall–Kier alpha value is -1.11. The summed E-state index contributed by atoms with van der Waals surface area (Å²) in [7, 11) is 1.47. The van der Waals surface area contributed by atoms with E-state index in [2.05, 4.69) is 5.32 Å². The van der Waals surface area contributed by atoms with Gasteiger partial charge in [-0.2, -0.15) is 0 Å². The molecule has 0 aliphatic carbocycles. The molecule has 1 rings (SSSR count). The zero-order valence-electron chi connectivity index (χ0n) is 9.34. The van der Waals surface area contributed by atoms with Crippen LogP contribution in [0.1, 0.15) is 5.56 Å². The highest BCUT2D eigenvalue weighted by molar-refractivity contribution is 5.19. The zero-order chi connectivity index (χ0) is 12.8. The molecular formula is C11H14F3NO2. The van der Waals surface area contributed by atoms with Gasteiger partial charge in [0.1, 0.15) is 0 Å². The van der Waals surface area contributed by atoms with Crippen LogP contribution in [-0.4, -0.2) is 31.5 Å². The van der Waals surface area contributed by atoms with Gasteiger partial charge in [0.25, 0.3) is 0 Å². The van der Waals surface area contributed by atoms with E-state index in [0.29, 0.717) is 0 Å². The lowest BCUT2D eigenvalue weighted by Crippen LogP contribution is -2.35. The number of ether oxygens (including phenoxy) is 1. The number of aliphatic hydroxyl groups is 1. The Morgan fingerprint density at radius 1 is 1.29 bits per heavy atom. The van der Waals surface area contributed by atoms with E-state index in [1.54, 1.807) is 0 Å². The van der Waals surface area contributed by atoms with Crippen molar-refractivity contribution in [3.05, 3.63) is 35.1 Å². The second-order valence-electron chi connectivity index (χ2n) is 3.59. The van der Waals surface area contributed by atoms with Gasteiger partial charge in [0.15, 0.2) is 17.5 Å². The highest BCUT2D eigenvalue weighted by atomic mass is 19.2. The monoisotopic (exact) mass is 249 g/mol. The van der Waals surface area contributed by atoms with Gasteiger partial charge in [-0.1, -0.05) is 0 Å². The van der Waals surface area contributed by atoms with E-state index >= 15 is 0 Å². The van der Waals surface area contributed by atoms with Crippen LogP contribution in [0, 0.1) is 17.5 Å². The third kappa shape index (κ3) is 3.99. The molecule has 17 heavy (non-hydrogen) atoms. The van der Waals surface area contributed by atoms with Crippen molar-refractivity contribution < 1.29 is 23.0 Å². The van der Waals surface area contributed by atoms with E-state index < -0.39 is 17.5 Å². The summed E-state index contributed by atoms with van der Waals surface area (Å²) in [6, 6.07) is 1.48. The Balaban J connectivity index is 2.63. The third-order valence-corrected chi connectivity index (χ3v) is 2.23. The quantitative estimate of drug-likeness (QED) is 0.744. The van der Waals surface area contributed by atoms with Crippen molar-refractivity contribution in [3.63, 3.8) is 0 Å². The van der Waals surface area contributed by atoms with Gasteiger partial charge in [-0.15, -0.1) is 0 Å². The van der Waals surface area contributed by atoms with Crippen molar-refractivity contribution in [1.82, 2.24) is 5.32 Å². The second-order valence-corrected chi connectivity index (χ2v) is 3.59. The van der Waals surface area contributed by atoms with Crippen molar-refractivity contribution in [2.75, 3.05) is 20.3 Å². The largest absolute Gasteiger partial charge is 0.395 e. The minimum atomic E-state index is -1.48. The molecule has 0 aromatic heterocycles. The third-order valence-electron chi connectivity index (χ3n) is 2.23. The van der Waals surface area contributed by atoms with Crippen LogP contribution in [0.15, 0.2) is 12.1 Å². The van der Waals surface area contributed by atoms with Gasteiger partial charge in [0.2, 0.25) is 0 Å². The van der Waals surface area contributed by atoms with Crippen LogP contribution in [0.4, 0.5) is 13.2 Å². The first-order valence-electron chi connectivity index (χ1n) is 5.05. The summed E-state index contributed by atoms with van der Waals surface area (Å²) >= 11 is 0. The predicted octanol–water partition coefficient (Wildman–Crippen LogP) is 1.20. The smallest absolute Gasteiger partial charge is 0.194 e. The Morgan fingerprint density at radius 3 is 2.35 bits per heavy atom. The lowest BCUT2D eigenvalue weighted by atomic mass is 10.2. The zero-order valence-corrected chi connectivity index (χ0v) is 9.34. The normalized spacial score (nSPS) is 12.8. The highest BCUT2D eigenvalue weighted by Gasteiger charge is 2.11. The van der Waals surface area contributed by atoms with Crippen molar-refractivity contribution in [1.29, 1.82) is 0 Å². The molecule has 0 fully saturated rings. The van der Waals surface area contributed by atoms with Gasteiger partial charge in [0.05, 0.1) is 19.3 Å². The van der Waals surface area contributed by atoms with Crippen molar-refractivity contribution in [2.45, 2.75) is 12.6 Å². The molecule has 0 amide bonds. The Morgan fingerprint density at radius 2 is 1.88 bits per heavy atom. The molecule has 2 N–H and O–H groups in total. The maximum absolute atomic E-state index is 12.9. The van der Waals surface area contributed by atoms with Crippen LogP contribution in [0.2, 0.25) is 0 Å². The molecular weight excluding hydrogens is 235 g/mol. The van der Waals surface area contributed by atoms with Crippen LogP contribution in [0.3, 0.4) is 0 Å². The Labute approximate surface area is 97.2 Å². The molecule has 0 radical (unpaired) electrons. The van der Waals surface area contributed by atoms with Crippen LogP contribution >= 0.6 is 0 Å².